The number of carboxylic acid groups (broad SMARTS) is 1. The van der Waals surface area contributed by atoms with Crippen LogP contribution >= 0.6 is 23.4 Å². The van der Waals surface area contributed by atoms with Crippen molar-refractivity contribution in [2.45, 2.75) is 18.1 Å². The van der Waals surface area contributed by atoms with Gasteiger partial charge in [-0.25, -0.2) is 4.79 Å². The van der Waals surface area contributed by atoms with Gasteiger partial charge in [0.25, 0.3) is 0 Å². The maximum atomic E-state index is 11.1. The van der Waals surface area contributed by atoms with E-state index < -0.39 is 5.97 Å². The fourth-order valence-electron chi connectivity index (χ4n) is 1.92. The highest BCUT2D eigenvalue weighted by atomic mass is 35.5. The van der Waals surface area contributed by atoms with Crippen molar-refractivity contribution in [2.24, 2.45) is 0 Å². The molecule has 5 heteroatoms. The summed E-state index contributed by atoms with van der Waals surface area (Å²) in [6.07, 6.45) is 2.44. The summed E-state index contributed by atoms with van der Waals surface area (Å²) >= 11 is 7.83. The smallest absolute Gasteiger partial charge is 0.339 e. The van der Waals surface area contributed by atoms with E-state index in [9.17, 15) is 4.79 Å². The Balaban J connectivity index is 2.09. The van der Waals surface area contributed by atoms with E-state index in [1.165, 1.54) is 18.6 Å². The minimum atomic E-state index is -0.989. The van der Waals surface area contributed by atoms with Crippen molar-refractivity contribution in [3.05, 3.63) is 28.8 Å². The summed E-state index contributed by atoms with van der Waals surface area (Å²) in [5.41, 5.74) is 0.773. The standard InChI is InChI=1S/C12H14ClNO2S/c13-9-4-1-5-10(11(9)12(15)16)14-7-8-3-2-6-17-8/h1,4-5,8,14H,2-3,6-7H2,(H,15,16). The molecule has 1 aromatic carbocycles. The Morgan fingerprint density at radius 2 is 2.41 bits per heavy atom. The second-order valence-electron chi connectivity index (χ2n) is 3.98. The molecule has 2 N–H and O–H groups in total. The first-order valence-corrected chi connectivity index (χ1v) is 6.98. The van der Waals surface area contributed by atoms with Crippen molar-refractivity contribution in [3.63, 3.8) is 0 Å². The zero-order chi connectivity index (χ0) is 12.3. The Morgan fingerprint density at radius 3 is 3.06 bits per heavy atom. The molecule has 1 unspecified atom stereocenters. The quantitative estimate of drug-likeness (QED) is 0.882. The molecule has 0 aliphatic carbocycles. The van der Waals surface area contributed by atoms with Gasteiger partial charge in [-0.15, -0.1) is 0 Å². The second-order valence-corrected chi connectivity index (χ2v) is 5.80. The Kier molecular flexibility index (Phi) is 4.18. The number of nitrogens with one attached hydrogen (secondary N) is 1. The summed E-state index contributed by atoms with van der Waals surface area (Å²) in [5, 5.41) is 13.2. The molecule has 1 saturated heterocycles. The van der Waals surface area contributed by atoms with Crippen LogP contribution in [0.3, 0.4) is 0 Å². The average molecular weight is 272 g/mol. The van der Waals surface area contributed by atoms with Crippen molar-refractivity contribution in [1.82, 2.24) is 0 Å². The normalized spacial score (nSPS) is 19.2. The molecule has 1 atom stereocenters. The predicted octanol–water partition coefficient (Wildman–Crippen LogP) is 3.35. The molecule has 1 aromatic rings. The molecule has 0 amide bonds. The van der Waals surface area contributed by atoms with Crippen molar-refractivity contribution in [2.75, 3.05) is 17.6 Å². The van der Waals surface area contributed by atoms with Gasteiger partial charge < -0.3 is 10.4 Å². The largest absolute Gasteiger partial charge is 0.478 e. The minimum absolute atomic E-state index is 0.164. The third-order valence-corrected chi connectivity index (χ3v) is 4.48. The number of carboxylic acids is 1. The summed E-state index contributed by atoms with van der Waals surface area (Å²) in [4.78, 5) is 11.1. The van der Waals surface area contributed by atoms with E-state index in [1.54, 1.807) is 18.2 Å². The lowest BCUT2D eigenvalue weighted by molar-refractivity contribution is 0.0698. The summed E-state index contributed by atoms with van der Waals surface area (Å²) in [6, 6.07) is 5.12. The number of halogens is 1. The Morgan fingerprint density at radius 1 is 1.59 bits per heavy atom. The van der Waals surface area contributed by atoms with Crippen LogP contribution in [0.25, 0.3) is 0 Å². The van der Waals surface area contributed by atoms with E-state index in [1.807, 2.05) is 11.8 Å². The molecule has 0 spiro atoms. The molecule has 1 aliphatic heterocycles. The van der Waals surface area contributed by atoms with Gasteiger partial charge in [0.15, 0.2) is 0 Å². The molecule has 3 nitrogen and oxygen atoms in total. The Hall–Kier alpha value is -0.870. The monoisotopic (exact) mass is 271 g/mol. The van der Waals surface area contributed by atoms with Gasteiger partial charge in [-0.05, 0) is 30.7 Å². The SMILES string of the molecule is O=C(O)c1c(Cl)cccc1NCC1CCCS1. The third-order valence-electron chi connectivity index (χ3n) is 2.77. The molecule has 92 valence electrons. The highest BCUT2D eigenvalue weighted by molar-refractivity contribution is 8.00. The maximum absolute atomic E-state index is 11.1. The van der Waals surface area contributed by atoms with E-state index in [4.69, 9.17) is 16.7 Å². The van der Waals surface area contributed by atoms with Crippen LogP contribution in [-0.4, -0.2) is 28.6 Å². The van der Waals surface area contributed by atoms with Gasteiger partial charge in [-0.3, -0.25) is 0 Å². The number of hydrogen-bond acceptors (Lipinski definition) is 3. The summed E-state index contributed by atoms with van der Waals surface area (Å²) in [5.74, 6) is 0.213. The Labute approximate surface area is 110 Å². The summed E-state index contributed by atoms with van der Waals surface area (Å²) < 4.78 is 0. The topological polar surface area (TPSA) is 49.3 Å². The highest BCUT2D eigenvalue weighted by Crippen LogP contribution is 2.28. The van der Waals surface area contributed by atoms with E-state index in [0.717, 1.165) is 6.54 Å². The first kappa shape index (κ1) is 12.6. The number of carbonyl (C=O) groups is 1. The summed E-state index contributed by atoms with van der Waals surface area (Å²) in [7, 11) is 0. The van der Waals surface area contributed by atoms with Crippen LogP contribution in [0.15, 0.2) is 18.2 Å². The van der Waals surface area contributed by atoms with Crippen LogP contribution in [0, 0.1) is 0 Å². The average Bonchev–Trinajstić information content (AvgIpc) is 2.78. The molecule has 1 heterocycles. The van der Waals surface area contributed by atoms with Crippen molar-refractivity contribution >= 4 is 35.0 Å². The van der Waals surface area contributed by atoms with Crippen LogP contribution in [0.4, 0.5) is 5.69 Å². The lowest BCUT2D eigenvalue weighted by atomic mass is 10.1. The third kappa shape index (κ3) is 3.07. The van der Waals surface area contributed by atoms with Crippen LogP contribution in [0.2, 0.25) is 5.02 Å². The van der Waals surface area contributed by atoms with E-state index >= 15 is 0 Å². The zero-order valence-electron chi connectivity index (χ0n) is 9.28. The molecule has 1 aliphatic rings. The van der Waals surface area contributed by atoms with Gasteiger partial charge in [-0.1, -0.05) is 17.7 Å². The zero-order valence-corrected chi connectivity index (χ0v) is 10.9. The molecular weight excluding hydrogens is 258 g/mol. The van der Waals surface area contributed by atoms with Crippen molar-refractivity contribution < 1.29 is 9.90 Å². The van der Waals surface area contributed by atoms with Crippen molar-refractivity contribution in [1.29, 1.82) is 0 Å². The molecule has 0 bridgehead atoms. The second kappa shape index (κ2) is 5.65. The van der Waals surface area contributed by atoms with Crippen LogP contribution in [-0.2, 0) is 0 Å². The lowest BCUT2D eigenvalue weighted by Gasteiger charge is -2.13. The number of rotatable bonds is 4. The van der Waals surface area contributed by atoms with Crippen LogP contribution in [0.5, 0.6) is 0 Å². The number of hydrogen-bond donors (Lipinski definition) is 2. The number of thioether (sulfide) groups is 1. The molecule has 17 heavy (non-hydrogen) atoms. The van der Waals surface area contributed by atoms with E-state index in [2.05, 4.69) is 5.32 Å². The number of anilines is 1. The van der Waals surface area contributed by atoms with Gasteiger partial charge in [0.2, 0.25) is 0 Å². The highest BCUT2D eigenvalue weighted by Gasteiger charge is 2.18. The fourth-order valence-corrected chi connectivity index (χ4v) is 3.37. The molecule has 2 rings (SSSR count). The van der Waals surface area contributed by atoms with Gasteiger partial charge in [0.05, 0.1) is 10.7 Å². The first-order chi connectivity index (χ1) is 8.18. The minimum Gasteiger partial charge on any atom is -0.478 e. The molecule has 0 saturated carbocycles. The van der Waals surface area contributed by atoms with Gasteiger partial charge in [0, 0.05) is 11.8 Å². The van der Waals surface area contributed by atoms with E-state index in [0.29, 0.717) is 10.9 Å². The molecule has 0 aromatic heterocycles. The molecular formula is C12H14ClNO2S. The first-order valence-electron chi connectivity index (χ1n) is 5.56. The number of aromatic carboxylic acids is 1. The van der Waals surface area contributed by atoms with Crippen molar-refractivity contribution in [3.8, 4) is 0 Å². The van der Waals surface area contributed by atoms with E-state index in [-0.39, 0.29) is 10.6 Å². The maximum Gasteiger partial charge on any atom is 0.339 e. The Bertz CT molecular complexity index is 419. The van der Waals surface area contributed by atoms with Gasteiger partial charge >= 0.3 is 5.97 Å². The molecule has 0 radical (unpaired) electrons. The summed E-state index contributed by atoms with van der Waals surface area (Å²) in [6.45, 7) is 0.797. The molecule has 1 fully saturated rings. The lowest BCUT2D eigenvalue weighted by Crippen LogP contribution is -2.15. The number of benzene rings is 1. The van der Waals surface area contributed by atoms with Crippen LogP contribution < -0.4 is 5.32 Å². The fraction of sp³-hybridized carbons (Fsp3) is 0.417. The predicted molar refractivity (Wildman–Crippen MR) is 72.4 cm³/mol. The van der Waals surface area contributed by atoms with Gasteiger partial charge in [-0.2, -0.15) is 11.8 Å². The van der Waals surface area contributed by atoms with Gasteiger partial charge in [0.1, 0.15) is 5.56 Å². The van der Waals surface area contributed by atoms with Crippen LogP contribution in [0.1, 0.15) is 23.2 Å².